The maximum atomic E-state index is 13.1. The molecule has 8 nitrogen and oxygen atoms in total. The highest BCUT2D eigenvalue weighted by molar-refractivity contribution is 7.92. The zero-order chi connectivity index (χ0) is 23.4. The highest BCUT2D eigenvalue weighted by Crippen LogP contribution is 2.34. The number of carbonyl (C=O) groups is 2. The van der Waals surface area contributed by atoms with Crippen LogP contribution in [0.3, 0.4) is 0 Å². The predicted molar refractivity (Wildman–Crippen MR) is 127 cm³/mol. The molecule has 4 rings (SSSR count). The third-order valence-electron chi connectivity index (χ3n) is 6.06. The number of hydrogen-bond acceptors (Lipinski definition) is 5. The number of benzene rings is 2. The standard InChI is InChI=1S/C24H29N3O5S/c1-33(30,31)27-16-15-22(32-21-14-8-7-13-20(21)27)24(29)26-19-12-6-5-11-18(19)23(28)25-17-9-3-2-4-10-17/h5-8,11-14,17,22H,2-4,9-10,15-16H2,1H3,(H,25,28)(H,26,29). The number of para-hydroxylation sites is 3. The van der Waals surface area contributed by atoms with Gasteiger partial charge in [-0.1, -0.05) is 43.5 Å². The lowest BCUT2D eigenvalue weighted by molar-refractivity contribution is -0.122. The molecule has 1 fully saturated rings. The van der Waals surface area contributed by atoms with Gasteiger partial charge in [0.1, 0.15) is 5.75 Å². The largest absolute Gasteiger partial charge is 0.478 e. The average molecular weight is 472 g/mol. The van der Waals surface area contributed by atoms with Crippen LogP contribution in [0.25, 0.3) is 0 Å². The van der Waals surface area contributed by atoms with E-state index in [-0.39, 0.29) is 24.9 Å². The molecule has 2 N–H and O–H groups in total. The lowest BCUT2D eigenvalue weighted by Crippen LogP contribution is -2.38. The van der Waals surface area contributed by atoms with Crippen molar-refractivity contribution in [3.63, 3.8) is 0 Å². The fourth-order valence-electron chi connectivity index (χ4n) is 4.37. The molecule has 0 spiro atoms. The molecule has 2 aromatic rings. The summed E-state index contributed by atoms with van der Waals surface area (Å²) in [6.07, 6.45) is 5.73. The van der Waals surface area contributed by atoms with Gasteiger partial charge in [-0.05, 0) is 37.1 Å². The number of ether oxygens (including phenoxy) is 1. The summed E-state index contributed by atoms with van der Waals surface area (Å²) in [5, 5.41) is 5.90. The molecule has 2 aliphatic rings. The average Bonchev–Trinajstić information content (AvgIpc) is 3.00. The molecule has 1 atom stereocenters. The number of nitrogens with one attached hydrogen (secondary N) is 2. The lowest BCUT2D eigenvalue weighted by atomic mass is 9.95. The van der Waals surface area contributed by atoms with Crippen molar-refractivity contribution in [2.24, 2.45) is 0 Å². The Bertz CT molecular complexity index is 1130. The summed E-state index contributed by atoms with van der Waals surface area (Å²) >= 11 is 0. The summed E-state index contributed by atoms with van der Waals surface area (Å²) < 4.78 is 31.7. The molecule has 33 heavy (non-hydrogen) atoms. The number of hydrogen-bond donors (Lipinski definition) is 2. The maximum absolute atomic E-state index is 13.1. The first-order valence-corrected chi connectivity index (χ1v) is 13.1. The molecule has 0 bridgehead atoms. The quantitative estimate of drug-likeness (QED) is 0.696. The summed E-state index contributed by atoms with van der Waals surface area (Å²) in [5.41, 5.74) is 1.20. The number of fused-ring (bicyclic) bond motifs is 1. The van der Waals surface area contributed by atoms with E-state index in [0.29, 0.717) is 22.7 Å². The summed E-state index contributed by atoms with van der Waals surface area (Å²) in [6, 6.07) is 13.8. The minimum absolute atomic E-state index is 0.109. The van der Waals surface area contributed by atoms with Crippen LogP contribution in [0.2, 0.25) is 0 Å². The van der Waals surface area contributed by atoms with Crippen molar-refractivity contribution in [3.05, 3.63) is 54.1 Å². The molecular formula is C24H29N3O5S. The van der Waals surface area contributed by atoms with Gasteiger partial charge in [-0.25, -0.2) is 8.42 Å². The van der Waals surface area contributed by atoms with Gasteiger partial charge in [-0.2, -0.15) is 0 Å². The smallest absolute Gasteiger partial charge is 0.265 e. The fourth-order valence-corrected chi connectivity index (χ4v) is 5.32. The first-order valence-electron chi connectivity index (χ1n) is 11.3. The van der Waals surface area contributed by atoms with E-state index < -0.39 is 22.0 Å². The van der Waals surface area contributed by atoms with E-state index in [1.165, 1.54) is 10.7 Å². The number of sulfonamides is 1. The second kappa shape index (κ2) is 9.82. The van der Waals surface area contributed by atoms with Crippen molar-refractivity contribution in [2.75, 3.05) is 22.4 Å². The van der Waals surface area contributed by atoms with Gasteiger partial charge in [-0.3, -0.25) is 13.9 Å². The molecule has 176 valence electrons. The molecule has 2 aromatic carbocycles. The lowest BCUT2D eigenvalue weighted by Gasteiger charge is -2.23. The van der Waals surface area contributed by atoms with Gasteiger partial charge >= 0.3 is 0 Å². The zero-order valence-corrected chi connectivity index (χ0v) is 19.4. The highest BCUT2D eigenvalue weighted by atomic mass is 32.2. The molecular weight excluding hydrogens is 442 g/mol. The molecule has 0 aromatic heterocycles. The van der Waals surface area contributed by atoms with Crippen molar-refractivity contribution in [3.8, 4) is 5.75 Å². The molecule has 2 amide bonds. The molecule has 0 saturated heterocycles. The molecule has 1 heterocycles. The van der Waals surface area contributed by atoms with Crippen LogP contribution in [-0.4, -0.2) is 45.2 Å². The molecule has 1 aliphatic carbocycles. The molecule has 1 aliphatic heterocycles. The molecule has 1 saturated carbocycles. The summed E-state index contributed by atoms with van der Waals surface area (Å²) in [4.78, 5) is 26.0. The van der Waals surface area contributed by atoms with Gasteiger partial charge in [0.2, 0.25) is 10.0 Å². The van der Waals surface area contributed by atoms with Gasteiger partial charge < -0.3 is 15.4 Å². The van der Waals surface area contributed by atoms with Gasteiger partial charge in [0.05, 0.1) is 23.2 Å². The first-order chi connectivity index (χ1) is 15.8. The van der Waals surface area contributed by atoms with E-state index >= 15 is 0 Å². The van der Waals surface area contributed by atoms with Crippen molar-refractivity contribution < 1.29 is 22.7 Å². The topological polar surface area (TPSA) is 105 Å². The molecule has 0 radical (unpaired) electrons. The third-order valence-corrected chi connectivity index (χ3v) is 7.24. The van der Waals surface area contributed by atoms with Gasteiger partial charge in [0.25, 0.3) is 11.8 Å². The Labute approximate surface area is 194 Å². The molecule has 1 unspecified atom stereocenters. The Morgan fingerprint density at radius 3 is 2.42 bits per heavy atom. The Morgan fingerprint density at radius 1 is 0.970 bits per heavy atom. The van der Waals surface area contributed by atoms with E-state index in [1.807, 2.05) is 0 Å². The van der Waals surface area contributed by atoms with Crippen molar-refractivity contribution in [2.45, 2.75) is 50.7 Å². The Kier molecular flexibility index (Phi) is 6.88. The number of rotatable bonds is 5. The minimum Gasteiger partial charge on any atom is -0.478 e. The number of nitrogens with zero attached hydrogens (tertiary/aromatic N) is 1. The molecule has 9 heteroatoms. The fraction of sp³-hybridized carbons (Fsp3) is 0.417. The van der Waals surface area contributed by atoms with Crippen LogP contribution in [-0.2, 0) is 14.8 Å². The summed E-state index contributed by atoms with van der Waals surface area (Å²) in [6.45, 7) is 0.109. The number of anilines is 2. The third kappa shape index (κ3) is 5.47. The van der Waals surface area contributed by atoms with E-state index in [2.05, 4.69) is 10.6 Å². The normalized spacial score (nSPS) is 19.1. The second-order valence-corrected chi connectivity index (χ2v) is 10.4. The zero-order valence-electron chi connectivity index (χ0n) is 18.6. The Balaban J connectivity index is 1.50. The Morgan fingerprint density at radius 2 is 1.67 bits per heavy atom. The number of amides is 2. The highest BCUT2D eigenvalue weighted by Gasteiger charge is 2.31. The predicted octanol–water partition coefficient (Wildman–Crippen LogP) is 3.30. The van der Waals surface area contributed by atoms with E-state index in [1.54, 1.807) is 48.5 Å². The first kappa shape index (κ1) is 23.1. The van der Waals surface area contributed by atoms with Crippen molar-refractivity contribution in [1.82, 2.24) is 5.32 Å². The Hall–Kier alpha value is -3.07. The van der Waals surface area contributed by atoms with Crippen LogP contribution >= 0.6 is 0 Å². The van der Waals surface area contributed by atoms with Crippen molar-refractivity contribution >= 4 is 33.2 Å². The van der Waals surface area contributed by atoms with Crippen LogP contribution in [0.5, 0.6) is 5.75 Å². The van der Waals surface area contributed by atoms with Gasteiger partial charge in [-0.15, -0.1) is 0 Å². The SMILES string of the molecule is CS(=O)(=O)N1CCC(C(=O)Nc2ccccc2C(=O)NC2CCCCC2)Oc2ccccc21. The second-order valence-electron chi connectivity index (χ2n) is 8.54. The summed E-state index contributed by atoms with van der Waals surface area (Å²) in [5.74, 6) is -0.324. The van der Waals surface area contributed by atoms with E-state index in [0.717, 1.165) is 31.9 Å². The van der Waals surface area contributed by atoms with Crippen LogP contribution < -0.4 is 19.7 Å². The van der Waals surface area contributed by atoms with Crippen LogP contribution in [0.15, 0.2) is 48.5 Å². The van der Waals surface area contributed by atoms with Crippen molar-refractivity contribution in [1.29, 1.82) is 0 Å². The van der Waals surface area contributed by atoms with Crippen LogP contribution in [0.4, 0.5) is 11.4 Å². The van der Waals surface area contributed by atoms with Crippen LogP contribution in [0.1, 0.15) is 48.9 Å². The van der Waals surface area contributed by atoms with E-state index in [4.69, 9.17) is 4.74 Å². The minimum atomic E-state index is -3.53. The monoisotopic (exact) mass is 471 g/mol. The maximum Gasteiger partial charge on any atom is 0.265 e. The van der Waals surface area contributed by atoms with E-state index in [9.17, 15) is 18.0 Å². The van der Waals surface area contributed by atoms with Gasteiger partial charge in [0.15, 0.2) is 6.10 Å². The summed E-state index contributed by atoms with van der Waals surface area (Å²) in [7, 11) is -3.53. The van der Waals surface area contributed by atoms with Crippen LogP contribution in [0, 0.1) is 0 Å². The number of carbonyl (C=O) groups excluding carboxylic acids is 2. The van der Waals surface area contributed by atoms with Gasteiger partial charge in [0, 0.05) is 19.0 Å².